The van der Waals surface area contributed by atoms with Gasteiger partial charge in [-0.25, -0.2) is 0 Å². The molecule has 3 aromatic carbocycles. The summed E-state index contributed by atoms with van der Waals surface area (Å²) in [6.45, 7) is 5.36. The van der Waals surface area contributed by atoms with E-state index in [1.165, 1.54) is 0 Å². The number of ether oxygens (including phenoxy) is 1. The fraction of sp³-hybridized carbons (Fsp3) is 0.333. The number of nitrogens with zero attached hydrogens (tertiary/aromatic N) is 1. The zero-order valence-electron chi connectivity index (χ0n) is 24.1. The van der Waals surface area contributed by atoms with Crippen molar-refractivity contribution in [3.05, 3.63) is 95.7 Å². The summed E-state index contributed by atoms with van der Waals surface area (Å²) in [4.78, 5) is 32.2. The third kappa shape index (κ3) is 4.75. The molecule has 42 heavy (non-hydrogen) atoms. The van der Waals surface area contributed by atoms with Crippen LogP contribution in [0.25, 0.3) is 10.9 Å². The van der Waals surface area contributed by atoms with Gasteiger partial charge in [-0.2, -0.15) is 0 Å². The predicted molar refractivity (Wildman–Crippen MR) is 164 cm³/mol. The summed E-state index contributed by atoms with van der Waals surface area (Å²) in [7, 11) is -3.24. The molecule has 1 aromatic heterocycles. The Balaban J connectivity index is 1.25. The number of aliphatic hydroxyl groups is 1. The van der Waals surface area contributed by atoms with E-state index in [1.54, 1.807) is 18.0 Å². The lowest BCUT2D eigenvalue weighted by molar-refractivity contribution is -0.146. The Bertz CT molecular complexity index is 1650. The Morgan fingerprint density at radius 2 is 1.88 bits per heavy atom. The van der Waals surface area contributed by atoms with E-state index in [2.05, 4.69) is 10.3 Å². The number of anilines is 2. The van der Waals surface area contributed by atoms with E-state index in [0.29, 0.717) is 5.69 Å². The van der Waals surface area contributed by atoms with Crippen molar-refractivity contribution in [3.63, 3.8) is 0 Å². The number of amides is 2. The highest BCUT2D eigenvalue weighted by molar-refractivity contribution is 6.72. The first-order valence-electron chi connectivity index (χ1n) is 14.5. The number of rotatable bonds is 8. The van der Waals surface area contributed by atoms with Crippen LogP contribution in [0.5, 0.6) is 0 Å². The molecule has 1 saturated heterocycles. The van der Waals surface area contributed by atoms with E-state index in [-0.39, 0.29) is 37.8 Å². The maximum absolute atomic E-state index is 15.7. The first kappa shape index (κ1) is 28.3. The number of aromatic amines is 1. The second-order valence-electron chi connectivity index (χ2n) is 12.0. The van der Waals surface area contributed by atoms with Crippen LogP contribution in [0.15, 0.2) is 79.0 Å². The fourth-order valence-corrected chi connectivity index (χ4v) is 9.68. The molecule has 2 amide bonds. The fourth-order valence-electron chi connectivity index (χ4n) is 7.14. The summed E-state index contributed by atoms with van der Waals surface area (Å²) < 4.78 is 22.2. The zero-order valence-corrected chi connectivity index (χ0v) is 25.1. The number of H-pyrrole nitrogens is 1. The van der Waals surface area contributed by atoms with Crippen molar-refractivity contribution in [1.29, 1.82) is 0 Å². The molecule has 2 aliphatic heterocycles. The zero-order chi connectivity index (χ0) is 29.6. The number of fused-ring (bicyclic) bond motifs is 3. The van der Waals surface area contributed by atoms with E-state index in [9.17, 15) is 14.7 Å². The second kappa shape index (κ2) is 10.8. The average molecular weight is 586 g/mol. The van der Waals surface area contributed by atoms with E-state index >= 15 is 4.11 Å². The monoisotopic (exact) mass is 585 g/mol. The Labute approximate surface area is 245 Å². The maximum Gasteiger partial charge on any atom is 0.264 e. The Hall–Kier alpha value is -3.79. The molecule has 3 N–H and O–H groups in total. The molecule has 2 aliphatic rings. The van der Waals surface area contributed by atoms with Crippen LogP contribution in [0.1, 0.15) is 30.0 Å². The summed E-state index contributed by atoms with van der Waals surface area (Å²) in [5, 5.41) is 13.7. The quantitative estimate of drug-likeness (QED) is 0.173. The molecule has 0 radical (unpaired) electrons. The van der Waals surface area contributed by atoms with E-state index in [1.807, 2.05) is 85.9 Å². The number of hydrogen-bond donors (Lipinski definition) is 3. The highest BCUT2D eigenvalue weighted by Crippen LogP contribution is 2.60. The number of hydrogen-bond acceptors (Lipinski definition) is 4. The molecule has 6 rings (SSSR count). The summed E-state index contributed by atoms with van der Waals surface area (Å²) in [5.41, 5.74) is 3.15. The second-order valence-corrected chi connectivity index (χ2v) is 15.8. The van der Waals surface area contributed by atoms with Crippen LogP contribution >= 0.6 is 0 Å². The van der Waals surface area contributed by atoms with Crippen LogP contribution in [0.3, 0.4) is 0 Å². The molecule has 0 aliphatic carbocycles. The molecule has 7 nitrogen and oxygen atoms in total. The normalized spacial score (nSPS) is 23.6. The van der Waals surface area contributed by atoms with Crippen LogP contribution in [0.4, 0.5) is 15.5 Å². The van der Waals surface area contributed by atoms with Crippen molar-refractivity contribution in [3.8, 4) is 0 Å². The summed E-state index contributed by atoms with van der Waals surface area (Å²) in [6, 6.07) is 22.9. The number of aliphatic hydroxyl groups excluding tert-OH is 1. The van der Waals surface area contributed by atoms with Crippen molar-refractivity contribution in [2.75, 3.05) is 16.8 Å². The Kier molecular flexibility index (Phi) is 7.28. The molecule has 9 heteroatoms. The van der Waals surface area contributed by atoms with E-state index < -0.39 is 31.6 Å². The average Bonchev–Trinajstić information content (AvgIpc) is 3.57. The lowest BCUT2D eigenvalue weighted by Crippen LogP contribution is -2.45. The lowest BCUT2D eigenvalue weighted by Gasteiger charge is -2.31. The molecule has 1 fully saturated rings. The van der Waals surface area contributed by atoms with E-state index in [0.717, 1.165) is 33.3 Å². The molecule has 1 spiro atoms. The highest BCUT2D eigenvalue weighted by Gasteiger charge is 2.66. The van der Waals surface area contributed by atoms with Gasteiger partial charge in [-0.05, 0) is 54.9 Å². The summed E-state index contributed by atoms with van der Waals surface area (Å²) in [5.74, 6) is -0.742. The van der Waals surface area contributed by atoms with Crippen molar-refractivity contribution >= 4 is 42.5 Å². The van der Waals surface area contributed by atoms with E-state index in [4.69, 9.17) is 4.74 Å². The lowest BCUT2D eigenvalue weighted by atomic mass is 9.82. The van der Waals surface area contributed by atoms with Crippen LogP contribution in [-0.2, 0) is 32.9 Å². The number of benzene rings is 3. The van der Waals surface area contributed by atoms with Gasteiger partial charge in [0.05, 0.1) is 24.8 Å². The molecule has 0 bridgehead atoms. The number of halogens is 1. The first-order valence-corrected chi connectivity index (χ1v) is 17.4. The van der Waals surface area contributed by atoms with Crippen LogP contribution < -0.4 is 10.2 Å². The number of para-hydroxylation sites is 2. The van der Waals surface area contributed by atoms with Gasteiger partial charge in [0.1, 0.15) is 0 Å². The van der Waals surface area contributed by atoms with Gasteiger partial charge in [0.15, 0.2) is 5.60 Å². The van der Waals surface area contributed by atoms with Crippen LogP contribution in [-0.4, -0.2) is 43.0 Å². The number of carbonyl (C=O) groups excluding carboxylic acids is 2. The Morgan fingerprint density at radius 1 is 1.12 bits per heavy atom. The number of nitrogens with one attached hydrogen (secondary N) is 2. The van der Waals surface area contributed by atoms with Crippen molar-refractivity contribution < 1.29 is 23.5 Å². The minimum Gasteiger partial charge on any atom is -0.396 e. The molecular weight excluding hydrogens is 549 g/mol. The topological polar surface area (TPSA) is 94.7 Å². The van der Waals surface area contributed by atoms with Crippen molar-refractivity contribution in [2.24, 2.45) is 5.92 Å². The molecule has 218 valence electrons. The molecule has 4 aromatic rings. The molecule has 4 atom stereocenters. The predicted octanol–water partition coefficient (Wildman–Crippen LogP) is 6.05. The van der Waals surface area contributed by atoms with Gasteiger partial charge in [-0.3, -0.25) is 9.59 Å². The number of carbonyl (C=O) groups is 2. The summed E-state index contributed by atoms with van der Waals surface area (Å²) in [6.07, 6.45) is 1.84. The van der Waals surface area contributed by atoms with Crippen LogP contribution in [0.2, 0.25) is 18.6 Å². The maximum atomic E-state index is 15.7. The standard InChI is InChI=1S/C33H36FN3O4Si/c1-21-31(42(2,3)34)29(15-16-38)41-33(21)26-12-5-7-14-28(26)37(32(33)40)20-22-9-8-10-24(17-22)36-30(39)18-23-19-35-27-13-6-4-11-25(23)27/h4-14,17,19,21,29,31,35,38H,15-16,18,20H2,1-3H3,(H,36,39)/t21-,29+,31-,33+/m1/s1. The number of aromatic nitrogens is 1. The Morgan fingerprint density at radius 3 is 2.67 bits per heavy atom. The van der Waals surface area contributed by atoms with Gasteiger partial charge < -0.3 is 29.2 Å². The smallest absolute Gasteiger partial charge is 0.264 e. The first-order chi connectivity index (χ1) is 20.1. The van der Waals surface area contributed by atoms with Gasteiger partial charge >= 0.3 is 0 Å². The van der Waals surface area contributed by atoms with Crippen molar-refractivity contribution in [2.45, 2.75) is 56.7 Å². The highest BCUT2D eigenvalue weighted by atomic mass is 28.4. The largest absolute Gasteiger partial charge is 0.396 e. The summed E-state index contributed by atoms with van der Waals surface area (Å²) >= 11 is 0. The minimum atomic E-state index is -3.24. The minimum absolute atomic E-state index is 0.132. The van der Waals surface area contributed by atoms with Crippen LogP contribution in [0, 0.1) is 5.92 Å². The van der Waals surface area contributed by atoms with Crippen molar-refractivity contribution in [1.82, 2.24) is 4.98 Å². The van der Waals surface area contributed by atoms with Gasteiger partial charge in [0.25, 0.3) is 5.91 Å². The van der Waals surface area contributed by atoms with Gasteiger partial charge in [-0.15, -0.1) is 0 Å². The molecule has 3 heterocycles. The van der Waals surface area contributed by atoms with Gasteiger partial charge in [-0.1, -0.05) is 55.5 Å². The van der Waals surface area contributed by atoms with Gasteiger partial charge in [0, 0.05) is 46.4 Å². The van der Waals surface area contributed by atoms with Gasteiger partial charge in [0.2, 0.25) is 14.3 Å². The SMILES string of the molecule is C[C@@H]1[C@@H]([Si](C)(C)F)[C@H](CCO)O[C@@]12C(=O)N(Cc1cccc(NC(=O)Cc3c[nH]c4ccccc34)c1)c1ccccc12. The third-order valence-corrected chi connectivity index (χ3v) is 11.3. The molecule has 0 unspecified atom stereocenters. The molecular formula is C33H36FN3O4Si. The molecule has 0 saturated carbocycles. The third-order valence-electron chi connectivity index (χ3n) is 8.86.